The van der Waals surface area contributed by atoms with Crippen LogP contribution in [0.5, 0.6) is 0 Å². The lowest BCUT2D eigenvalue weighted by molar-refractivity contribution is -0.126. The Bertz CT molecular complexity index is 301. The lowest BCUT2D eigenvalue weighted by Gasteiger charge is -2.17. The standard InChI is InChI=1S/C11H15NO2/c1-3-6-11(13)12(4-2)9-10-7-5-8-14-10/h3,5-8H,4,9H2,1-2H3. The minimum Gasteiger partial charge on any atom is -0.467 e. The molecular formula is C11H15NO2. The van der Waals surface area contributed by atoms with Crippen molar-refractivity contribution in [3.63, 3.8) is 0 Å². The number of amides is 1. The molecule has 0 aliphatic heterocycles. The number of furan rings is 1. The first kappa shape index (κ1) is 10.6. The van der Waals surface area contributed by atoms with Crippen LogP contribution in [0, 0.1) is 0 Å². The van der Waals surface area contributed by atoms with Crippen LogP contribution >= 0.6 is 0 Å². The number of nitrogens with zero attached hydrogens (tertiary/aromatic N) is 1. The maximum Gasteiger partial charge on any atom is 0.246 e. The van der Waals surface area contributed by atoms with Gasteiger partial charge in [0.2, 0.25) is 5.91 Å². The Morgan fingerprint density at radius 2 is 2.43 bits per heavy atom. The summed E-state index contributed by atoms with van der Waals surface area (Å²) >= 11 is 0. The normalized spacial score (nSPS) is 10.7. The lowest BCUT2D eigenvalue weighted by atomic mass is 10.3. The molecule has 0 radical (unpaired) electrons. The van der Waals surface area contributed by atoms with Crippen molar-refractivity contribution in [2.45, 2.75) is 20.4 Å². The van der Waals surface area contributed by atoms with Gasteiger partial charge >= 0.3 is 0 Å². The van der Waals surface area contributed by atoms with Crippen LogP contribution in [0.25, 0.3) is 0 Å². The molecule has 0 atom stereocenters. The third-order valence-corrected chi connectivity index (χ3v) is 1.93. The van der Waals surface area contributed by atoms with Crippen molar-refractivity contribution in [1.82, 2.24) is 4.90 Å². The number of likely N-dealkylation sites (N-methyl/N-ethyl adjacent to an activating group) is 1. The fourth-order valence-electron chi connectivity index (χ4n) is 1.18. The Hall–Kier alpha value is -1.51. The van der Waals surface area contributed by atoms with Crippen molar-refractivity contribution in [3.8, 4) is 0 Å². The molecular weight excluding hydrogens is 178 g/mol. The highest BCUT2D eigenvalue weighted by Gasteiger charge is 2.09. The first-order valence-corrected chi connectivity index (χ1v) is 4.72. The number of hydrogen-bond donors (Lipinski definition) is 0. The van der Waals surface area contributed by atoms with Crippen LogP contribution in [-0.4, -0.2) is 17.4 Å². The molecule has 1 aromatic rings. The zero-order chi connectivity index (χ0) is 10.4. The van der Waals surface area contributed by atoms with E-state index in [1.807, 2.05) is 26.0 Å². The molecule has 14 heavy (non-hydrogen) atoms. The molecule has 0 aliphatic rings. The van der Waals surface area contributed by atoms with Crippen molar-refractivity contribution >= 4 is 5.91 Å². The molecule has 1 aromatic heterocycles. The molecule has 76 valence electrons. The average molecular weight is 193 g/mol. The predicted octanol–water partition coefficient (Wildman–Crippen LogP) is 2.20. The molecule has 0 saturated heterocycles. The molecule has 1 rings (SSSR count). The average Bonchev–Trinajstić information content (AvgIpc) is 2.66. The van der Waals surface area contributed by atoms with E-state index < -0.39 is 0 Å². The van der Waals surface area contributed by atoms with Crippen LogP contribution in [0.4, 0.5) is 0 Å². The summed E-state index contributed by atoms with van der Waals surface area (Å²) in [6, 6.07) is 3.69. The third kappa shape index (κ3) is 2.76. The van der Waals surface area contributed by atoms with Crippen LogP contribution in [0.2, 0.25) is 0 Å². The molecule has 0 bridgehead atoms. The third-order valence-electron chi connectivity index (χ3n) is 1.93. The topological polar surface area (TPSA) is 33.5 Å². The lowest BCUT2D eigenvalue weighted by Crippen LogP contribution is -2.28. The van der Waals surface area contributed by atoms with E-state index in [9.17, 15) is 4.79 Å². The van der Waals surface area contributed by atoms with E-state index in [2.05, 4.69) is 0 Å². The van der Waals surface area contributed by atoms with Crippen molar-refractivity contribution in [3.05, 3.63) is 36.3 Å². The Labute approximate surface area is 84.0 Å². The first-order valence-electron chi connectivity index (χ1n) is 4.72. The van der Waals surface area contributed by atoms with Gasteiger partial charge in [-0.2, -0.15) is 0 Å². The van der Waals surface area contributed by atoms with E-state index in [0.29, 0.717) is 13.1 Å². The Kier molecular flexibility index (Phi) is 3.98. The van der Waals surface area contributed by atoms with E-state index in [0.717, 1.165) is 5.76 Å². The minimum atomic E-state index is 0.0198. The largest absolute Gasteiger partial charge is 0.467 e. The summed E-state index contributed by atoms with van der Waals surface area (Å²) in [6.07, 6.45) is 4.92. The molecule has 1 heterocycles. The molecule has 0 fully saturated rings. The number of allylic oxidation sites excluding steroid dienone is 1. The number of carbonyl (C=O) groups is 1. The Morgan fingerprint density at radius 3 is 2.93 bits per heavy atom. The second kappa shape index (κ2) is 5.27. The first-order chi connectivity index (χ1) is 6.77. The van der Waals surface area contributed by atoms with E-state index in [1.54, 1.807) is 23.3 Å². The Balaban J connectivity index is 2.59. The molecule has 0 aliphatic carbocycles. The molecule has 3 heteroatoms. The number of hydrogen-bond acceptors (Lipinski definition) is 2. The zero-order valence-electron chi connectivity index (χ0n) is 8.56. The van der Waals surface area contributed by atoms with Crippen molar-refractivity contribution in [1.29, 1.82) is 0 Å². The van der Waals surface area contributed by atoms with Gasteiger partial charge in [-0.05, 0) is 32.1 Å². The summed E-state index contributed by atoms with van der Waals surface area (Å²) in [6.45, 7) is 5.00. The van der Waals surface area contributed by atoms with E-state index in [4.69, 9.17) is 4.42 Å². The monoisotopic (exact) mass is 193 g/mol. The van der Waals surface area contributed by atoms with Gasteiger partial charge in [-0.1, -0.05) is 6.08 Å². The highest BCUT2D eigenvalue weighted by atomic mass is 16.3. The van der Waals surface area contributed by atoms with Gasteiger partial charge < -0.3 is 9.32 Å². The van der Waals surface area contributed by atoms with Gasteiger partial charge in [0, 0.05) is 6.54 Å². The smallest absolute Gasteiger partial charge is 0.246 e. The summed E-state index contributed by atoms with van der Waals surface area (Å²) in [5.74, 6) is 0.830. The second-order valence-electron chi connectivity index (χ2n) is 2.93. The summed E-state index contributed by atoms with van der Waals surface area (Å²) in [7, 11) is 0. The van der Waals surface area contributed by atoms with Crippen molar-refractivity contribution in [2.24, 2.45) is 0 Å². The molecule has 0 aromatic carbocycles. The minimum absolute atomic E-state index is 0.0198. The molecule has 0 unspecified atom stereocenters. The van der Waals surface area contributed by atoms with Crippen molar-refractivity contribution < 1.29 is 9.21 Å². The summed E-state index contributed by atoms with van der Waals surface area (Å²) in [5.41, 5.74) is 0. The highest BCUT2D eigenvalue weighted by molar-refractivity contribution is 5.87. The quantitative estimate of drug-likeness (QED) is 0.687. The number of rotatable bonds is 4. The molecule has 3 nitrogen and oxygen atoms in total. The molecule has 1 amide bonds. The van der Waals surface area contributed by atoms with Gasteiger partial charge in [-0.25, -0.2) is 0 Å². The van der Waals surface area contributed by atoms with Crippen LogP contribution in [0.3, 0.4) is 0 Å². The number of carbonyl (C=O) groups excluding carboxylic acids is 1. The fourth-order valence-corrected chi connectivity index (χ4v) is 1.18. The second-order valence-corrected chi connectivity index (χ2v) is 2.93. The highest BCUT2D eigenvalue weighted by Crippen LogP contribution is 2.05. The molecule has 0 saturated carbocycles. The van der Waals surface area contributed by atoms with Gasteiger partial charge in [-0.15, -0.1) is 0 Å². The van der Waals surface area contributed by atoms with Gasteiger partial charge in [0.1, 0.15) is 5.76 Å². The van der Waals surface area contributed by atoms with E-state index >= 15 is 0 Å². The maximum absolute atomic E-state index is 11.5. The van der Waals surface area contributed by atoms with E-state index in [1.165, 1.54) is 0 Å². The molecule has 0 spiro atoms. The summed E-state index contributed by atoms with van der Waals surface area (Å²) in [5, 5.41) is 0. The zero-order valence-corrected chi connectivity index (χ0v) is 8.56. The van der Waals surface area contributed by atoms with Gasteiger partial charge in [-0.3, -0.25) is 4.79 Å². The fraction of sp³-hybridized carbons (Fsp3) is 0.364. The van der Waals surface area contributed by atoms with Gasteiger partial charge in [0.25, 0.3) is 0 Å². The summed E-state index contributed by atoms with van der Waals surface area (Å²) in [4.78, 5) is 13.2. The SMILES string of the molecule is CC=CC(=O)N(CC)Cc1ccco1. The predicted molar refractivity (Wildman–Crippen MR) is 54.6 cm³/mol. The van der Waals surface area contributed by atoms with Crippen LogP contribution in [-0.2, 0) is 11.3 Å². The van der Waals surface area contributed by atoms with Crippen LogP contribution < -0.4 is 0 Å². The Morgan fingerprint density at radius 1 is 1.64 bits per heavy atom. The molecule has 0 N–H and O–H groups in total. The van der Waals surface area contributed by atoms with Crippen LogP contribution in [0.1, 0.15) is 19.6 Å². The van der Waals surface area contributed by atoms with Crippen LogP contribution in [0.15, 0.2) is 35.0 Å². The van der Waals surface area contributed by atoms with Gasteiger partial charge in [0.15, 0.2) is 0 Å². The summed E-state index contributed by atoms with van der Waals surface area (Å²) < 4.78 is 5.18. The van der Waals surface area contributed by atoms with Crippen molar-refractivity contribution in [2.75, 3.05) is 6.54 Å². The van der Waals surface area contributed by atoms with Gasteiger partial charge in [0.05, 0.1) is 12.8 Å². The van der Waals surface area contributed by atoms with E-state index in [-0.39, 0.29) is 5.91 Å². The maximum atomic E-state index is 11.5.